The minimum absolute atomic E-state index is 0.00398. The number of methoxy groups -OCH3 is 1. The van der Waals surface area contributed by atoms with Gasteiger partial charge in [-0.05, 0) is 54.1 Å². The molecule has 0 radical (unpaired) electrons. The first-order valence-electron chi connectivity index (χ1n) is 9.53. The predicted molar refractivity (Wildman–Crippen MR) is 116 cm³/mol. The average molecular weight is 496 g/mol. The maximum atomic E-state index is 13.3. The molecule has 3 rings (SSSR count). The fourth-order valence-corrected chi connectivity index (χ4v) is 3.49. The lowest BCUT2D eigenvalue weighted by Crippen LogP contribution is -2.16. The normalized spacial score (nSPS) is 11.7. The molecule has 0 spiro atoms. The molecule has 180 valence electrons. The fraction of sp³-hybridized carbons (Fsp3) is 0.136. The molecular weight excluding hydrogens is 477 g/mol. The Morgan fingerprint density at radius 2 is 1.76 bits per heavy atom. The van der Waals surface area contributed by atoms with Gasteiger partial charge in [0.05, 0.1) is 29.7 Å². The van der Waals surface area contributed by atoms with Crippen LogP contribution >= 0.6 is 0 Å². The number of amides is 1. The third kappa shape index (κ3) is 5.84. The molecular formula is C22H19F3N2O6S. The first kappa shape index (κ1) is 25.0. The standard InChI is InChI=1S/C22H19F3N2O6S/c1-32-20-9-13(12-28)5-8-18(20)33-19-10-14(22(23,24)25)6-7-17(19)21(29)27-15-3-2-4-16(11-15)34(26,30)31/h2-11,28H,12H2,1H3,(H,27,29)(H2,26,30,31). The number of primary sulfonamides is 1. The topological polar surface area (TPSA) is 128 Å². The number of sulfonamides is 1. The summed E-state index contributed by atoms with van der Waals surface area (Å²) < 4.78 is 73.8. The van der Waals surface area contributed by atoms with Crippen molar-refractivity contribution in [3.63, 3.8) is 0 Å². The third-order valence-electron chi connectivity index (χ3n) is 4.60. The molecule has 0 aliphatic rings. The molecule has 3 aromatic carbocycles. The van der Waals surface area contributed by atoms with E-state index in [1.807, 2.05) is 0 Å². The van der Waals surface area contributed by atoms with Crippen molar-refractivity contribution >= 4 is 21.6 Å². The van der Waals surface area contributed by atoms with Crippen molar-refractivity contribution in [1.29, 1.82) is 0 Å². The molecule has 3 aromatic rings. The summed E-state index contributed by atoms with van der Waals surface area (Å²) in [5, 5.41) is 16.8. The number of rotatable bonds is 7. The largest absolute Gasteiger partial charge is 0.493 e. The highest BCUT2D eigenvalue weighted by molar-refractivity contribution is 7.89. The summed E-state index contributed by atoms with van der Waals surface area (Å²) in [6.07, 6.45) is -4.71. The molecule has 4 N–H and O–H groups in total. The number of aliphatic hydroxyl groups is 1. The van der Waals surface area contributed by atoms with Crippen molar-refractivity contribution in [3.8, 4) is 17.2 Å². The van der Waals surface area contributed by atoms with Gasteiger partial charge in [-0.2, -0.15) is 13.2 Å². The maximum Gasteiger partial charge on any atom is 0.416 e. The maximum absolute atomic E-state index is 13.3. The van der Waals surface area contributed by atoms with Gasteiger partial charge in [0, 0.05) is 5.69 Å². The van der Waals surface area contributed by atoms with Gasteiger partial charge in [-0.25, -0.2) is 13.6 Å². The van der Waals surface area contributed by atoms with E-state index >= 15 is 0 Å². The smallest absolute Gasteiger partial charge is 0.416 e. The summed E-state index contributed by atoms with van der Waals surface area (Å²) >= 11 is 0. The highest BCUT2D eigenvalue weighted by Gasteiger charge is 2.32. The second-order valence-corrected chi connectivity index (χ2v) is 8.54. The van der Waals surface area contributed by atoms with Crippen molar-refractivity contribution in [1.82, 2.24) is 0 Å². The van der Waals surface area contributed by atoms with Gasteiger partial charge < -0.3 is 19.9 Å². The molecule has 0 fully saturated rings. The highest BCUT2D eigenvalue weighted by Crippen LogP contribution is 2.38. The van der Waals surface area contributed by atoms with E-state index in [2.05, 4.69) is 5.32 Å². The SMILES string of the molecule is COc1cc(CO)ccc1Oc1cc(C(F)(F)F)ccc1C(=O)Nc1cccc(S(N)(=O)=O)c1. The number of halogens is 3. The Morgan fingerprint density at radius 1 is 1.03 bits per heavy atom. The van der Waals surface area contributed by atoms with E-state index in [0.717, 1.165) is 12.1 Å². The summed E-state index contributed by atoms with van der Waals surface area (Å²) in [6.45, 7) is -0.300. The molecule has 0 unspecified atom stereocenters. The van der Waals surface area contributed by atoms with Crippen molar-refractivity contribution in [3.05, 3.63) is 77.4 Å². The van der Waals surface area contributed by atoms with E-state index in [-0.39, 0.29) is 34.3 Å². The average Bonchev–Trinajstić information content (AvgIpc) is 2.78. The molecule has 0 aromatic heterocycles. The highest BCUT2D eigenvalue weighted by atomic mass is 32.2. The molecule has 12 heteroatoms. The number of carbonyl (C=O) groups excluding carboxylic acids is 1. The fourth-order valence-electron chi connectivity index (χ4n) is 2.93. The van der Waals surface area contributed by atoms with Gasteiger partial charge in [-0.1, -0.05) is 12.1 Å². The molecule has 0 saturated carbocycles. The molecule has 0 heterocycles. The van der Waals surface area contributed by atoms with Crippen molar-refractivity contribution in [2.24, 2.45) is 5.14 Å². The van der Waals surface area contributed by atoms with Gasteiger partial charge in [0.15, 0.2) is 11.5 Å². The Labute approximate surface area is 192 Å². The van der Waals surface area contributed by atoms with Gasteiger partial charge >= 0.3 is 6.18 Å². The van der Waals surface area contributed by atoms with Crippen LogP contribution in [-0.4, -0.2) is 26.5 Å². The van der Waals surface area contributed by atoms with Crippen LogP contribution < -0.4 is 19.9 Å². The Kier molecular flexibility index (Phi) is 7.15. The molecule has 8 nitrogen and oxygen atoms in total. The third-order valence-corrected chi connectivity index (χ3v) is 5.52. The number of hydrogen-bond acceptors (Lipinski definition) is 6. The minimum atomic E-state index is -4.71. The van der Waals surface area contributed by atoms with Gasteiger partial charge in [0.2, 0.25) is 10.0 Å². The van der Waals surface area contributed by atoms with Gasteiger partial charge in [0.25, 0.3) is 5.91 Å². The van der Waals surface area contributed by atoms with Crippen molar-refractivity contribution < 1.29 is 41.0 Å². The molecule has 0 aliphatic carbocycles. The predicted octanol–water partition coefficient (Wildman–Crippen LogP) is 3.90. The number of carbonyl (C=O) groups is 1. The lowest BCUT2D eigenvalue weighted by molar-refractivity contribution is -0.137. The molecule has 0 saturated heterocycles. The zero-order chi connectivity index (χ0) is 25.1. The summed E-state index contributed by atoms with van der Waals surface area (Å²) in [5.41, 5.74) is -0.795. The Balaban J connectivity index is 2.02. The number of anilines is 1. The second-order valence-electron chi connectivity index (χ2n) is 6.98. The van der Waals surface area contributed by atoms with Crippen LogP contribution in [-0.2, 0) is 22.8 Å². The minimum Gasteiger partial charge on any atom is -0.493 e. The second kappa shape index (κ2) is 9.71. The Bertz CT molecular complexity index is 1330. The number of benzene rings is 3. The number of nitrogens with two attached hydrogens (primary N) is 1. The summed E-state index contributed by atoms with van der Waals surface area (Å²) in [6, 6.07) is 11.7. The van der Waals surface area contributed by atoms with E-state index in [1.54, 1.807) is 0 Å². The van der Waals surface area contributed by atoms with Gasteiger partial charge in [0.1, 0.15) is 5.75 Å². The summed E-state index contributed by atoms with van der Waals surface area (Å²) in [5.74, 6) is -1.16. The first-order valence-corrected chi connectivity index (χ1v) is 11.1. The number of nitrogens with one attached hydrogen (secondary N) is 1. The van der Waals surface area contributed by atoms with Gasteiger partial charge in [-0.15, -0.1) is 0 Å². The van der Waals surface area contributed by atoms with E-state index < -0.39 is 33.4 Å². The van der Waals surface area contributed by atoms with Crippen LogP contribution in [0, 0.1) is 0 Å². The molecule has 0 bridgehead atoms. The lowest BCUT2D eigenvalue weighted by atomic mass is 10.1. The number of hydrogen-bond donors (Lipinski definition) is 3. The van der Waals surface area contributed by atoms with E-state index in [0.29, 0.717) is 17.7 Å². The monoisotopic (exact) mass is 496 g/mol. The Hall–Kier alpha value is -3.61. The van der Waals surface area contributed by atoms with E-state index in [4.69, 9.17) is 14.6 Å². The van der Waals surface area contributed by atoms with Crippen LogP contribution in [0.5, 0.6) is 17.2 Å². The zero-order valence-electron chi connectivity index (χ0n) is 17.6. The number of aliphatic hydroxyl groups excluding tert-OH is 1. The van der Waals surface area contributed by atoms with Crippen LogP contribution in [0.25, 0.3) is 0 Å². The summed E-state index contributed by atoms with van der Waals surface area (Å²) in [7, 11) is -2.74. The van der Waals surface area contributed by atoms with Crippen LogP contribution in [0.2, 0.25) is 0 Å². The van der Waals surface area contributed by atoms with Gasteiger partial charge in [-0.3, -0.25) is 4.79 Å². The summed E-state index contributed by atoms with van der Waals surface area (Å²) in [4.78, 5) is 12.6. The molecule has 1 amide bonds. The van der Waals surface area contributed by atoms with Crippen LogP contribution in [0.1, 0.15) is 21.5 Å². The number of alkyl halides is 3. The van der Waals surface area contributed by atoms with E-state index in [1.165, 1.54) is 43.5 Å². The molecule has 34 heavy (non-hydrogen) atoms. The quantitative estimate of drug-likeness (QED) is 0.455. The van der Waals surface area contributed by atoms with Crippen LogP contribution in [0.4, 0.5) is 18.9 Å². The van der Waals surface area contributed by atoms with Crippen molar-refractivity contribution in [2.45, 2.75) is 17.7 Å². The van der Waals surface area contributed by atoms with Crippen LogP contribution in [0.3, 0.4) is 0 Å². The lowest BCUT2D eigenvalue weighted by Gasteiger charge is -2.16. The van der Waals surface area contributed by atoms with Crippen molar-refractivity contribution in [2.75, 3.05) is 12.4 Å². The molecule has 0 atom stereocenters. The first-order chi connectivity index (χ1) is 15.9. The zero-order valence-corrected chi connectivity index (χ0v) is 18.4. The van der Waals surface area contributed by atoms with Crippen LogP contribution in [0.15, 0.2) is 65.6 Å². The molecule has 0 aliphatic heterocycles. The van der Waals surface area contributed by atoms with E-state index in [9.17, 15) is 31.5 Å². The number of ether oxygens (including phenoxy) is 2. The Morgan fingerprint density at radius 3 is 2.38 bits per heavy atom.